The molecule has 0 aliphatic carbocycles. The molecular formula is C12H19ClN4OS. The molecule has 1 N–H and O–H groups in total. The van der Waals surface area contributed by atoms with E-state index in [1.807, 2.05) is 19.0 Å². The maximum atomic E-state index is 11.6. The smallest absolute Gasteiger partial charge is 0.230 e. The first-order valence-corrected chi connectivity index (χ1v) is 7.50. The lowest BCUT2D eigenvalue weighted by molar-refractivity contribution is -0.118. The van der Waals surface area contributed by atoms with Crippen LogP contribution in [0.5, 0.6) is 0 Å². The van der Waals surface area contributed by atoms with E-state index in [2.05, 4.69) is 22.2 Å². The predicted molar refractivity (Wildman–Crippen MR) is 80.0 cm³/mol. The molecule has 1 aromatic heterocycles. The van der Waals surface area contributed by atoms with Gasteiger partial charge in [0.15, 0.2) is 5.16 Å². The molecule has 7 heteroatoms. The van der Waals surface area contributed by atoms with E-state index < -0.39 is 0 Å². The van der Waals surface area contributed by atoms with E-state index in [4.69, 9.17) is 11.6 Å². The summed E-state index contributed by atoms with van der Waals surface area (Å²) >= 11 is 7.21. The van der Waals surface area contributed by atoms with E-state index in [0.717, 1.165) is 25.2 Å². The minimum atomic E-state index is -0.00608. The Labute approximate surface area is 123 Å². The Hall–Kier alpha value is -1.01. The Morgan fingerprint density at radius 3 is 2.84 bits per heavy atom. The summed E-state index contributed by atoms with van der Waals surface area (Å²) in [6.07, 6.45) is 2.06. The number of anilines is 1. The standard InChI is InChI=1S/C12H19ClN4OS/c1-4-5-6-14-11(18)8-19-12-15-9(13)7-10(16-12)17(2)3/h7H,4-6,8H2,1-3H3,(H,14,18). The van der Waals surface area contributed by atoms with Gasteiger partial charge in [0.05, 0.1) is 5.75 Å². The van der Waals surface area contributed by atoms with Gasteiger partial charge in [-0.3, -0.25) is 4.79 Å². The molecule has 0 atom stereocenters. The molecule has 0 bridgehead atoms. The third-order valence-electron chi connectivity index (χ3n) is 2.30. The summed E-state index contributed by atoms with van der Waals surface area (Å²) in [6, 6.07) is 1.69. The van der Waals surface area contributed by atoms with Gasteiger partial charge in [-0.25, -0.2) is 9.97 Å². The van der Waals surface area contributed by atoms with Crippen LogP contribution in [-0.4, -0.2) is 42.3 Å². The zero-order valence-corrected chi connectivity index (χ0v) is 13.0. The lowest BCUT2D eigenvalue weighted by Gasteiger charge is -2.12. The summed E-state index contributed by atoms with van der Waals surface area (Å²) in [4.78, 5) is 21.8. The van der Waals surface area contributed by atoms with E-state index in [-0.39, 0.29) is 5.91 Å². The van der Waals surface area contributed by atoms with Crippen LogP contribution >= 0.6 is 23.4 Å². The number of hydrogen-bond donors (Lipinski definition) is 1. The van der Waals surface area contributed by atoms with E-state index in [9.17, 15) is 4.79 Å². The minimum Gasteiger partial charge on any atom is -0.363 e. The number of nitrogens with zero attached hydrogens (tertiary/aromatic N) is 3. The van der Waals surface area contributed by atoms with Gasteiger partial charge in [-0.05, 0) is 6.42 Å². The molecule has 0 aromatic carbocycles. The van der Waals surface area contributed by atoms with E-state index in [1.165, 1.54) is 11.8 Å². The molecule has 0 aliphatic rings. The third-order valence-corrected chi connectivity index (χ3v) is 3.34. The van der Waals surface area contributed by atoms with E-state index >= 15 is 0 Å². The van der Waals surface area contributed by atoms with Gasteiger partial charge in [0, 0.05) is 26.7 Å². The third kappa shape index (κ3) is 6.11. The summed E-state index contributed by atoms with van der Waals surface area (Å²) in [6.45, 7) is 2.80. The lowest BCUT2D eigenvalue weighted by Crippen LogP contribution is -2.26. The van der Waals surface area contributed by atoms with Crippen LogP contribution < -0.4 is 10.2 Å². The first kappa shape index (κ1) is 16.0. The Bertz CT molecular complexity index is 428. The van der Waals surface area contributed by atoms with Crippen molar-refractivity contribution in [3.63, 3.8) is 0 Å². The molecule has 0 unspecified atom stereocenters. The van der Waals surface area contributed by atoms with Crippen molar-refractivity contribution in [3.05, 3.63) is 11.2 Å². The normalized spacial score (nSPS) is 10.3. The fraction of sp³-hybridized carbons (Fsp3) is 0.583. The lowest BCUT2D eigenvalue weighted by atomic mass is 10.3. The van der Waals surface area contributed by atoms with Gasteiger partial charge in [-0.2, -0.15) is 0 Å². The van der Waals surface area contributed by atoms with Crippen molar-refractivity contribution in [1.82, 2.24) is 15.3 Å². The van der Waals surface area contributed by atoms with Crippen LogP contribution in [0.25, 0.3) is 0 Å². The number of rotatable bonds is 7. The number of carbonyl (C=O) groups is 1. The van der Waals surface area contributed by atoms with Crippen molar-refractivity contribution in [2.24, 2.45) is 0 Å². The quantitative estimate of drug-likeness (QED) is 0.362. The fourth-order valence-electron chi connectivity index (χ4n) is 1.26. The largest absolute Gasteiger partial charge is 0.363 e. The molecule has 1 aromatic rings. The van der Waals surface area contributed by atoms with Crippen molar-refractivity contribution < 1.29 is 4.79 Å². The molecule has 0 aliphatic heterocycles. The van der Waals surface area contributed by atoms with Gasteiger partial charge in [-0.1, -0.05) is 36.7 Å². The molecule has 0 spiro atoms. The van der Waals surface area contributed by atoms with Crippen molar-refractivity contribution in [2.45, 2.75) is 24.9 Å². The average molecular weight is 303 g/mol. The molecule has 0 radical (unpaired) electrons. The van der Waals surface area contributed by atoms with Gasteiger partial charge < -0.3 is 10.2 Å². The maximum absolute atomic E-state index is 11.6. The highest BCUT2D eigenvalue weighted by atomic mass is 35.5. The number of nitrogens with one attached hydrogen (secondary N) is 1. The van der Waals surface area contributed by atoms with E-state index in [0.29, 0.717) is 16.1 Å². The molecule has 1 rings (SSSR count). The second kappa shape index (κ2) is 8.22. The van der Waals surface area contributed by atoms with Crippen LogP contribution in [0.2, 0.25) is 5.15 Å². The van der Waals surface area contributed by atoms with Crippen LogP contribution in [0.4, 0.5) is 5.82 Å². The highest BCUT2D eigenvalue weighted by molar-refractivity contribution is 7.99. The number of aromatic nitrogens is 2. The van der Waals surface area contributed by atoms with E-state index in [1.54, 1.807) is 6.07 Å². The molecular weight excluding hydrogens is 284 g/mol. The zero-order chi connectivity index (χ0) is 14.3. The number of unbranched alkanes of at least 4 members (excludes halogenated alkanes) is 1. The molecule has 0 saturated heterocycles. The highest BCUT2D eigenvalue weighted by Crippen LogP contribution is 2.20. The topological polar surface area (TPSA) is 58.1 Å². The molecule has 5 nitrogen and oxygen atoms in total. The van der Waals surface area contributed by atoms with Crippen molar-refractivity contribution in [1.29, 1.82) is 0 Å². The summed E-state index contributed by atoms with van der Waals surface area (Å²) in [7, 11) is 3.76. The second-order valence-corrected chi connectivity index (χ2v) is 5.55. The van der Waals surface area contributed by atoms with Gasteiger partial charge in [-0.15, -0.1) is 0 Å². The average Bonchev–Trinajstić information content (AvgIpc) is 2.36. The molecule has 0 saturated carbocycles. The van der Waals surface area contributed by atoms with Gasteiger partial charge in [0.2, 0.25) is 5.91 Å². The Kier molecular flexibility index (Phi) is 6.94. The van der Waals surface area contributed by atoms with Gasteiger partial charge in [0.25, 0.3) is 0 Å². The van der Waals surface area contributed by atoms with Crippen LogP contribution in [0, 0.1) is 0 Å². The van der Waals surface area contributed by atoms with Crippen molar-refractivity contribution >= 4 is 35.1 Å². The molecule has 0 fully saturated rings. The Balaban J connectivity index is 2.50. The number of halogens is 1. The van der Waals surface area contributed by atoms with Crippen LogP contribution in [-0.2, 0) is 4.79 Å². The number of amides is 1. The van der Waals surface area contributed by atoms with Crippen molar-refractivity contribution in [3.8, 4) is 0 Å². The van der Waals surface area contributed by atoms with Crippen LogP contribution in [0.1, 0.15) is 19.8 Å². The summed E-state index contributed by atoms with van der Waals surface area (Å²) in [5.41, 5.74) is 0. The van der Waals surface area contributed by atoms with Gasteiger partial charge >= 0.3 is 0 Å². The van der Waals surface area contributed by atoms with Crippen LogP contribution in [0.15, 0.2) is 11.2 Å². The molecule has 1 amide bonds. The first-order valence-electron chi connectivity index (χ1n) is 6.14. The molecule has 19 heavy (non-hydrogen) atoms. The summed E-state index contributed by atoms with van der Waals surface area (Å²) in [5.74, 6) is 1.03. The fourth-order valence-corrected chi connectivity index (χ4v) is 2.18. The minimum absolute atomic E-state index is 0.00608. The Morgan fingerprint density at radius 1 is 1.47 bits per heavy atom. The zero-order valence-electron chi connectivity index (χ0n) is 11.4. The van der Waals surface area contributed by atoms with Crippen LogP contribution in [0.3, 0.4) is 0 Å². The molecule has 1 heterocycles. The summed E-state index contributed by atoms with van der Waals surface area (Å²) < 4.78 is 0. The SMILES string of the molecule is CCCCNC(=O)CSc1nc(Cl)cc(N(C)C)n1. The van der Waals surface area contributed by atoms with Crippen molar-refractivity contribution in [2.75, 3.05) is 31.3 Å². The Morgan fingerprint density at radius 2 is 2.21 bits per heavy atom. The number of thioether (sulfide) groups is 1. The first-order chi connectivity index (χ1) is 9.02. The summed E-state index contributed by atoms with van der Waals surface area (Å²) in [5, 5.41) is 3.74. The predicted octanol–water partition coefficient (Wildman–Crippen LogP) is 2.20. The molecule has 106 valence electrons. The second-order valence-electron chi connectivity index (χ2n) is 4.22. The maximum Gasteiger partial charge on any atom is 0.230 e. The number of hydrogen-bond acceptors (Lipinski definition) is 5. The highest BCUT2D eigenvalue weighted by Gasteiger charge is 2.08. The number of carbonyl (C=O) groups excluding carboxylic acids is 1. The van der Waals surface area contributed by atoms with Gasteiger partial charge in [0.1, 0.15) is 11.0 Å². The monoisotopic (exact) mass is 302 g/mol.